The van der Waals surface area contributed by atoms with Crippen molar-refractivity contribution in [2.75, 3.05) is 13.6 Å². The smallest absolute Gasteiger partial charge is 0.124 e. The Morgan fingerprint density at radius 1 is 1.33 bits per heavy atom. The molecule has 0 saturated carbocycles. The largest absolute Gasteiger partial charge is 0.327 e. The van der Waals surface area contributed by atoms with Crippen molar-refractivity contribution in [1.82, 2.24) is 14.5 Å². The fourth-order valence-corrected chi connectivity index (χ4v) is 3.07. The number of benzene rings is 1. The van der Waals surface area contributed by atoms with Crippen molar-refractivity contribution in [3.05, 3.63) is 27.6 Å². The van der Waals surface area contributed by atoms with Gasteiger partial charge in [-0.25, -0.2) is 4.98 Å². The first-order valence-corrected chi connectivity index (χ1v) is 9.05. The Bertz CT molecular complexity index is 594. The standard InChI is InChI=1S/C16H23ClIN3/c1-12(2)20(3)8-4-5-9-21-15-7-6-13(18)10-14(15)19-16(21)11-17/h6-7,10,12H,4-5,8-9,11H2,1-3H3. The van der Waals surface area contributed by atoms with E-state index in [-0.39, 0.29) is 0 Å². The third-order valence-corrected chi connectivity index (χ3v) is 4.84. The van der Waals surface area contributed by atoms with Gasteiger partial charge in [-0.3, -0.25) is 0 Å². The lowest BCUT2D eigenvalue weighted by atomic mass is 10.2. The maximum Gasteiger partial charge on any atom is 0.124 e. The number of imidazole rings is 1. The van der Waals surface area contributed by atoms with Crippen LogP contribution in [0.3, 0.4) is 0 Å². The number of hydrogen-bond acceptors (Lipinski definition) is 2. The Kier molecular flexibility index (Phi) is 6.32. The van der Waals surface area contributed by atoms with Crippen LogP contribution in [0.15, 0.2) is 18.2 Å². The van der Waals surface area contributed by atoms with Crippen molar-refractivity contribution in [1.29, 1.82) is 0 Å². The molecule has 0 saturated heterocycles. The molecule has 2 aromatic rings. The van der Waals surface area contributed by atoms with Gasteiger partial charge in [0.15, 0.2) is 0 Å². The molecule has 5 heteroatoms. The number of nitrogens with zero attached hydrogens (tertiary/aromatic N) is 3. The monoisotopic (exact) mass is 419 g/mol. The van der Waals surface area contributed by atoms with Crippen LogP contribution in [0.2, 0.25) is 0 Å². The second kappa shape index (κ2) is 7.79. The summed E-state index contributed by atoms with van der Waals surface area (Å²) in [6.07, 6.45) is 2.35. The number of halogens is 2. The van der Waals surface area contributed by atoms with Crippen molar-refractivity contribution in [2.45, 2.75) is 45.2 Å². The molecule has 1 aromatic carbocycles. The van der Waals surface area contributed by atoms with Gasteiger partial charge in [0.2, 0.25) is 0 Å². The summed E-state index contributed by atoms with van der Waals surface area (Å²) in [5.41, 5.74) is 2.25. The van der Waals surface area contributed by atoms with Gasteiger partial charge >= 0.3 is 0 Å². The van der Waals surface area contributed by atoms with Crippen molar-refractivity contribution >= 4 is 45.2 Å². The zero-order valence-corrected chi connectivity index (χ0v) is 15.9. The zero-order chi connectivity index (χ0) is 15.4. The van der Waals surface area contributed by atoms with Crippen LogP contribution in [0.25, 0.3) is 11.0 Å². The van der Waals surface area contributed by atoms with E-state index < -0.39 is 0 Å². The van der Waals surface area contributed by atoms with Crippen molar-refractivity contribution in [3.8, 4) is 0 Å². The Labute approximate surface area is 145 Å². The molecule has 116 valence electrons. The van der Waals surface area contributed by atoms with E-state index in [1.165, 1.54) is 15.5 Å². The highest BCUT2D eigenvalue weighted by atomic mass is 127. The number of rotatable bonds is 7. The predicted octanol–water partition coefficient (Wildman–Crippen LogP) is 4.50. The Morgan fingerprint density at radius 2 is 2.10 bits per heavy atom. The minimum atomic E-state index is 0.469. The van der Waals surface area contributed by atoms with Gasteiger partial charge in [-0.2, -0.15) is 0 Å². The first kappa shape index (κ1) is 17.0. The molecule has 0 unspecified atom stereocenters. The summed E-state index contributed by atoms with van der Waals surface area (Å²) in [5.74, 6) is 1.45. The van der Waals surface area contributed by atoms with Crippen LogP contribution < -0.4 is 0 Å². The zero-order valence-electron chi connectivity index (χ0n) is 12.9. The maximum absolute atomic E-state index is 6.05. The van der Waals surface area contributed by atoms with Gasteiger partial charge in [0.25, 0.3) is 0 Å². The van der Waals surface area contributed by atoms with Gasteiger partial charge in [0, 0.05) is 16.2 Å². The molecular weight excluding hydrogens is 397 g/mol. The third kappa shape index (κ3) is 4.33. The molecule has 0 aliphatic carbocycles. The lowest BCUT2D eigenvalue weighted by molar-refractivity contribution is 0.266. The van der Waals surface area contributed by atoms with Gasteiger partial charge in [-0.15, -0.1) is 11.6 Å². The number of hydrogen-bond donors (Lipinski definition) is 0. The van der Waals surface area contributed by atoms with E-state index in [0.29, 0.717) is 11.9 Å². The third-order valence-electron chi connectivity index (χ3n) is 3.93. The van der Waals surface area contributed by atoms with E-state index in [1.807, 2.05) is 0 Å². The second-order valence-corrected chi connectivity index (χ2v) is 7.24. The molecule has 2 rings (SSSR count). The summed E-state index contributed by atoms with van der Waals surface area (Å²) in [5, 5.41) is 0. The van der Waals surface area contributed by atoms with Crippen LogP contribution in [-0.4, -0.2) is 34.1 Å². The topological polar surface area (TPSA) is 21.1 Å². The van der Waals surface area contributed by atoms with Crippen LogP contribution in [0.1, 0.15) is 32.5 Å². The van der Waals surface area contributed by atoms with Crippen LogP contribution in [0.4, 0.5) is 0 Å². The van der Waals surface area contributed by atoms with E-state index in [0.717, 1.165) is 30.9 Å². The van der Waals surface area contributed by atoms with Gasteiger partial charge < -0.3 is 9.47 Å². The molecule has 3 nitrogen and oxygen atoms in total. The average molecular weight is 420 g/mol. The summed E-state index contributed by atoms with van der Waals surface area (Å²) < 4.78 is 3.48. The van der Waals surface area contributed by atoms with Gasteiger partial charge in [0.05, 0.1) is 16.9 Å². The van der Waals surface area contributed by atoms with Crippen LogP contribution >= 0.6 is 34.2 Å². The highest BCUT2D eigenvalue weighted by molar-refractivity contribution is 14.1. The predicted molar refractivity (Wildman–Crippen MR) is 99.0 cm³/mol. The van der Waals surface area contributed by atoms with Gasteiger partial charge in [-0.05, 0) is 81.1 Å². The summed E-state index contributed by atoms with van der Waals surface area (Å²) in [6.45, 7) is 6.59. The molecule has 0 fully saturated rings. The number of alkyl halides is 1. The summed E-state index contributed by atoms with van der Waals surface area (Å²) >= 11 is 8.38. The van der Waals surface area contributed by atoms with E-state index in [2.05, 4.69) is 76.1 Å². The van der Waals surface area contributed by atoms with Crippen LogP contribution in [-0.2, 0) is 12.4 Å². The van der Waals surface area contributed by atoms with Crippen LogP contribution in [0, 0.1) is 3.57 Å². The molecule has 0 amide bonds. The molecule has 0 aliphatic heterocycles. The Hall–Kier alpha value is -0.330. The molecule has 0 radical (unpaired) electrons. The first-order valence-electron chi connectivity index (χ1n) is 7.43. The maximum atomic E-state index is 6.05. The lowest BCUT2D eigenvalue weighted by Crippen LogP contribution is -2.27. The fourth-order valence-electron chi connectivity index (χ4n) is 2.39. The molecule has 1 aromatic heterocycles. The number of aryl methyl sites for hydroxylation is 1. The summed E-state index contributed by atoms with van der Waals surface area (Å²) in [4.78, 5) is 7.04. The normalized spacial score (nSPS) is 12.0. The Balaban J connectivity index is 2.04. The van der Waals surface area contributed by atoms with Crippen molar-refractivity contribution < 1.29 is 0 Å². The fraction of sp³-hybridized carbons (Fsp3) is 0.562. The molecule has 0 aliphatic rings. The number of aromatic nitrogens is 2. The molecule has 1 heterocycles. The summed E-state index contributed by atoms with van der Waals surface area (Å²) in [7, 11) is 2.18. The molecule has 0 spiro atoms. The van der Waals surface area contributed by atoms with E-state index >= 15 is 0 Å². The highest BCUT2D eigenvalue weighted by Crippen LogP contribution is 2.20. The average Bonchev–Trinajstić information content (AvgIpc) is 2.80. The first-order chi connectivity index (χ1) is 10.0. The van der Waals surface area contributed by atoms with E-state index in [1.54, 1.807) is 0 Å². The minimum Gasteiger partial charge on any atom is -0.327 e. The number of fused-ring (bicyclic) bond motifs is 1. The lowest BCUT2D eigenvalue weighted by Gasteiger charge is -2.20. The van der Waals surface area contributed by atoms with E-state index in [9.17, 15) is 0 Å². The summed E-state index contributed by atoms with van der Waals surface area (Å²) in [6, 6.07) is 7.01. The molecule has 21 heavy (non-hydrogen) atoms. The minimum absolute atomic E-state index is 0.469. The van der Waals surface area contributed by atoms with Gasteiger partial charge in [0.1, 0.15) is 5.82 Å². The molecule has 0 N–H and O–H groups in total. The highest BCUT2D eigenvalue weighted by Gasteiger charge is 2.10. The van der Waals surface area contributed by atoms with Crippen LogP contribution in [0.5, 0.6) is 0 Å². The second-order valence-electron chi connectivity index (χ2n) is 5.73. The van der Waals surface area contributed by atoms with Crippen molar-refractivity contribution in [2.24, 2.45) is 0 Å². The molecule has 0 atom stereocenters. The molecular formula is C16H23ClIN3. The quantitative estimate of drug-likeness (QED) is 0.374. The Morgan fingerprint density at radius 3 is 2.76 bits per heavy atom. The molecule has 0 bridgehead atoms. The van der Waals surface area contributed by atoms with E-state index in [4.69, 9.17) is 11.6 Å². The van der Waals surface area contributed by atoms with Crippen molar-refractivity contribution in [3.63, 3.8) is 0 Å². The number of unbranched alkanes of at least 4 members (excludes halogenated alkanes) is 1. The SMILES string of the molecule is CC(C)N(C)CCCCn1c(CCl)nc2cc(I)ccc21. The van der Waals surface area contributed by atoms with Gasteiger partial charge in [-0.1, -0.05) is 0 Å².